The molecule has 1 aliphatic carbocycles. The number of amidine groups is 1. The number of nitrogen functional groups attached to an aromatic ring is 1. The van der Waals surface area contributed by atoms with Gasteiger partial charge in [-0.3, -0.25) is 5.41 Å². The third-order valence-electron chi connectivity index (χ3n) is 7.77. The Morgan fingerprint density at radius 1 is 1.08 bits per heavy atom. The van der Waals surface area contributed by atoms with Crippen LogP contribution in [0.4, 0.5) is 11.8 Å². The molecule has 2 fully saturated rings. The Hall–Kier alpha value is -3.55. The fourth-order valence-electron chi connectivity index (χ4n) is 5.42. The maximum atomic E-state index is 8.59. The Morgan fingerprint density at radius 2 is 1.75 bits per heavy atom. The highest BCUT2D eigenvalue weighted by molar-refractivity contribution is 5.91. The molecule has 8 nitrogen and oxygen atoms in total. The zero-order chi connectivity index (χ0) is 25.3. The number of hydrogen-bond donors (Lipinski definition) is 2. The SMILES string of the molecule is COc1cc2nc(N(C)CC3(c4ccccc4)CCN(C(=N)CC4CC4)CC3)nc(N)c2cc1OC. The molecule has 8 heteroatoms. The van der Waals surface area contributed by atoms with Gasteiger partial charge in [0.2, 0.25) is 5.95 Å². The first-order chi connectivity index (χ1) is 17.4. The molecule has 0 bridgehead atoms. The maximum absolute atomic E-state index is 8.59. The molecule has 2 heterocycles. The second-order valence-corrected chi connectivity index (χ2v) is 10.2. The summed E-state index contributed by atoms with van der Waals surface area (Å²) in [5.41, 5.74) is 8.37. The average Bonchev–Trinajstić information content (AvgIpc) is 3.72. The van der Waals surface area contributed by atoms with E-state index in [0.717, 1.165) is 61.6 Å². The number of benzene rings is 2. The van der Waals surface area contributed by atoms with Gasteiger partial charge in [0.05, 0.1) is 25.6 Å². The van der Waals surface area contributed by atoms with E-state index in [-0.39, 0.29) is 5.41 Å². The average molecular weight is 489 g/mol. The van der Waals surface area contributed by atoms with Crippen molar-refractivity contribution in [3.05, 3.63) is 48.0 Å². The van der Waals surface area contributed by atoms with Crippen molar-refractivity contribution in [1.82, 2.24) is 14.9 Å². The normalized spacial score (nSPS) is 17.1. The van der Waals surface area contributed by atoms with E-state index in [1.807, 2.05) is 19.2 Å². The number of aromatic nitrogens is 2. The van der Waals surface area contributed by atoms with Crippen LogP contribution in [0.5, 0.6) is 11.5 Å². The van der Waals surface area contributed by atoms with Crippen LogP contribution in [0.25, 0.3) is 10.9 Å². The summed E-state index contributed by atoms with van der Waals surface area (Å²) >= 11 is 0. The van der Waals surface area contributed by atoms with Crippen molar-refractivity contribution in [2.75, 3.05) is 51.5 Å². The number of nitrogens with one attached hydrogen (secondary N) is 1. The van der Waals surface area contributed by atoms with Crippen LogP contribution in [-0.4, -0.2) is 61.6 Å². The Kier molecular flexibility index (Phi) is 6.60. The number of hydrogen-bond acceptors (Lipinski definition) is 7. The summed E-state index contributed by atoms with van der Waals surface area (Å²) < 4.78 is 10.9. The third kappa shape index (κ3) is 4.76. The van der Waals surface area contributed by atoms with Crippen molar-refractivity contribution in [3.8, 4) is 11.5 Å². The number of likely N-dealkylation sites (N-methyl/N-ethyl adjacent to an activating group) is 1. The van der Waals surface area contributed by atoms with Crippen molar-refractivity contribution in [3.63, 3.8) is 0 Å². The molecule has 0 atom stereocenters. The van der Waals surface area contributed by atoms with Gasteiger partial charge in [0.1, 0.15) is 5.82 Å². The summed E-state index contributed by atoms with van der Waals surface area (Å²) in [5.74, 6) is 3.76. The predicted molar refractivity (Wildman–Crippen MR) is 144 cm³/mol. The zero-order valence-electron chi connectivity index (χ0n) is 21.5. The molecule has 1 saturated carbocycles. The highest BCUT2D eigenvalue weighted by Gasteiger charge is 2.39. The maximum Gasteiger partial charge on any atom is 0.227 e. The molecule has 1 aromatic heterocycles. The molecule has 0 radical (unpaired) electrons. The first-order valence-corrected chi connectivity index (χ1v) is 12.7. The van der Waals surface area contributed by atoms with Crippen LogP contribution in [0.15, 0.2) is 42.5 Å². The second-order valence-electron chi connectivity index (χ2n) is 10.2. The smallest absolute Gasteiger partial charge is 0.227 e. The predicted octanol–water partition coefficient (Wildman–Crippen LogP) is 4.48. The van der Waals surface area contributed by atoms with Gasteiger partial charge >= 0.3 is 0 Å². The monoisotopic (exact) mass is 488 g/mol. The minimum Gasteiger partial charge on any atom is -0.493 e. The first-order valence-electron chi connectivity index (χ1n) is 12.7. The molecule has 0 unspecified atom stereocenters. The van der Waals surface area contributed by atoms with Crippen LogP contribution >= 0.6 is 0 Å². The van der Waals surface area contributed by atoms with Crippen LogP contribution in [0.1, 0.15) is 37.7 Å². The second kappa shape index (κ2) is 9.84. The standard InChI is InChI=1S/C28H36N6O2/c1-33(27-31-22-17-24(36-3)23(35-2)16-21(22)26(30)32-27)18-28(20-7-5-4-6-8-20)11-13-34(14-12-28)25(29)15-19-9-10-19/h4-8,16-17,19,29H,9-15,18H2,1-3H3,(H2,30,31,32). The van der Waals surface area contributed by atoms with Gasteiger partial charge in [-0.25, -0.2) is 4.98 Å². The molecule has 2 aromatic carbocycles. The van der Waals surface area contributed by atoms with Gasteiger partial charge in [0, 0.05) is 50.0 Å². The van der Waals surface area contributed by atoms with E-state index < -0.39 is 0 Å². The van der Waals surface area contributed by atoms with E-state index in [0.29, 0.717) is 23.3 Å². The number of likely N-dealkylation sites (tertiary alicyclic amines) is 1. The van der Waals surface area contributed by atoms with E-state index in [2.05, 4.69) is 45.1 Å². The van der Waals surface area contributed by atoms with Gasteiger partial charge in [0.25, 0.3) is 0 Å². The molecule has 0 spiro atoms. The lowest BCUT2D eigenvalue weighted by atomic mass is 9.72. The quantitative estimate of drug-likeness (QED) is 0.356. The number of rotatable bonds is 8. The molecular weight excluding hydrogens is 452 g/mol. The van der Waals surface area contributed by atoms with Gasteiger partial charge < -0.3 is 25.0 Å². The third-order valence-corrected chi connectivity index (χ3v) is 7.77. The van der Waals surface area contributed by atoms with Crippen molar-refractivity contribution in [2.45, 2.75) is 37.5 Å². The van der Waals surface area contributed by atoms with Crippen LogP contribution in [0.2, 0.25) is 0 Å². The van der Waals surface area contributed by atoms with Crippen molar-refractivity contribution < 1.29 is 9.47 Å². The minimum absolute atomic E-state index is 0.0585. The number of nitrogens with zero attached hydrogens (tertiary/aromatic N) is 4. The molecule has 1 aliphatic heterocycles. The topological polar surface area (TPSA) is 101 Å². The van der Waals surface area contributed by atoms with Crippen LogP contribution in [0, 0.1) is 11.3 Å². The number of fused-ring (bicyclic) bond motifs is 1. The lowest BCUT2D eigenvalue weighted by Crippen LogP contribution is -2.50. The Labute approximate surface area is 212 Å². The fraction of sp³-hybridized carbons (Fsp3) is 0.464. The molecule has 0 amide bonds. The van der Waals surface area contributed by atoms with Gasteiger partial charge in [-0.2, -0.15) is 4.98 Å². The first kappa shape index (κ1) is 24.2. The van der Waals surface area contributed by atoms with E-state index in [9.17, 15) is 0 Å². The molecule has 190 valence electrons. The summed E-state index contributed by atoms with van der Waals surface area (Å²) in [4.78, 5) is 13.9. The van der Waals surface area contributed by atoms with Crippen molar-refractivity contribution in [2.24, 2.45) is 5.92 Å². The highest BCUT2D eigenvalue weighted by Crippen LogP contribution is 2.39. The molecular formula is C28H36N6O2. The Balaban J connectivity index is 1.41. The number of nitrogens with two attached hydrogens (primary N) is 1. The lowest BCUT2D eigenvalue weighted by molar-refractivity contribution is 0.224. The van der Waals surface area contributed by atoms with Gasteiger partial charge in [0.15, 0.2) is 11.5 Å². The van der Waals surface area contributed by atoms with Crippen LogP contribution in [0.3, 0.4) is 0 Å². The minimum atomic E-state index is -0.0585. The summed E-state index contributed by atoms with van der Waals surface area (Å²) in [6, 6.07) is 14.4. The molecule has 3 aromatic rings. The molecule has 5 rings (SSSR count). The van der Waals surface area contributed by atoms with Gasteiger partial charge in [-0.05, 0) is 43.2 Å². The van der Waals surface area contributed by atoms with E-state index in [1.165, 1.54) is 18.4 Å². The number of methoxy groups -OCH3 is 2. The fourth-order valence-corrected chi connectivity index (χ4v) is 5.42. The summed E-state index contributed by atoms with van der Waals surface area (Å²) in [6.45, 7) is 2.55. The molecule has 1 saturated heterocycles. The largest absolute Gasteiger partial charge is 0.493 e. The van der Waals surface area contributed by atoms with Gasteiger partial charge in [-0.1, -0.05) is 30.3 Å². The van der Waals surface area contributed by atoms with Gasteiger partial charge in [-0.15, -0.1) is 0 Å². The number of piperidine rings is 1. The lowest BCUT2D eigenvalue weighted by Gasteiger charge is -2.45. The molecule has 36 heavy (non-hydrogen) atoms. The Morgan fingerprint density at radius 3 is 2.39 bits per heavy atom. The number of anilines is 2. The summed E-state index contributed by atoms with van der Waals surface area (Å²) in [7, 11) is 5.25. The van der Waals surface area contributed by atoms with E-state index >= 15 is 0 Å². The zero-order valence-corrected chi connectivity index (χ0v) is 21.5. The highest BCUT2D eigenvalue weighted by atomic mass is 16.5. The number of ether oxygens (including phenoxy) is 2. The van der Waals surface area contributed by atoms with E-state index in [1.54, 1.807) is 14.2 Å². The van der Waals surface area contributed by atoms with Crippen molar-refractivity contribution >= 4 is 28.5 Å². The molecule has 2 aliphatic rings. The summed E-state index contributed by atoms with van der Waals surface area (Å²) in [5, 5.41) is 9.33. The molecule has 3 N–H and O–H groups in total. The Bertz CT molecular complexity index is 1240. The van der Waals surface area contributed by atoms with E-state index in [4.69, 9.17) is 25.6 Å². The van der Waals surface area contributed by atoms with Crippen LogP contribution < -0.4 is 20.1 Å². The van der Waals surface area contributed by atoms with Crippen LogP contribution in [-0.2, 0) is 5.41 Å². The summed E-state index contributed by atoms with van der Waals surface area (Å²) in [6.07, 6.45) is 5.44. The van der Waals surface area contributed by atoms with Crippen molar-refractivity contribution in [1.29, 1.82) is 5.41 Å².